The summed E-state index contributed by atoms with van der Waals surface area (Å²) in [5.41, 5.74) is 1.02. The quantitative estimate of drug-likeness (QED) is 0.822. The molecule has 0 amide bonds. The lowest BCUT2D eigenvalue weighted by molar-refractivity contribution is 0.543. The van der Waals surface area contributed by atoms with Crippen LogP contribution in [0.4, 0.5) is 5.95 Å². The van der Waals surface area contributed by atoms with E-state index in [1.165, 1.54) is 12.8 Å². The predicted molar refractivity (Wildman–Crippen MR) is 69.4 cm³/mol. The summed E-state index contributed by atoms with van der Waals surface area (Å²) in [7, 11) is 0. The Labute approximate surface area is 107 Å². The Bertz CT molecular complexity index is 508. The zero-order valence-corrected chi connectivity index (χ0v) is 10.5. The second-order valence-electron chi connectivity index (χ2n) is 4.75. The first-order valence-electron chi connectivity index (χ1n) is 6.35. The van der Waals surface area contributed by atoms with E-state index in [-0.39, 0.29) is 0 Å². The van der Waals surface area contributed by atoms with Crippen molar-refractivity contribution in [2.24, 2.45) is 0 Å². The summed E-state index contributed by atoms with van der Waals surface area (Å²) in [5, 5.41) is 0. The number of nitrogens with zero attached hydrogens (tertiary/aromatic N) is 5. The molecule has 2 aromatic heterocycles. The van der Waals surface area contributed by atoms with E-state index in [1.807, 2.05) is 37.9 Å². The van der Waals surface area contributed by atoms with Gasteiger partial charge in [-0.15, -0.1) is 0 Å². The van der Waals surface area contributed by atoms with E-state index in [0.29, 0.717) is 6.04 Å². The molecule has 0 spiro atoms. The van der Waals surface area contributed by atoms with Gasteiger partial charge in [0, 0.05) is 43.4 Å². The number of anilines is 1. The van der Waals surface area contributed by atoms with Gasteiger partial charge in [0.2, 0.25) is 5.95 Å². The fourth-order valence-electron chi connectivity index (χ4n) is 2.50. The van der Waals surface area contributed by atoms with Gasteiger partial charge in [-0.25, -0.2) is 15.0 Å². The molecule has 1 aliphatic heterocycles. The van der Waals surface area contributed by atoms with Crippen molar-refractivity contribution in [1.82, 2.24) is 19.5 Å². The number of aromatic nitrogens is 4. The van der Waals surface area contributed by atoms with E-state index in [1.54, 1.807) is 0 Å². The van der Waals surface area contributed by atoms with E-state index >= 15 is 0 Å². The number of hydrogen-bond donors (Lipinski definition) is 0. The molecule has 3 rings (SSSR count). The minimum atomic E-state index is 0.473. The van der Waals surface area contributed by atoms with Crippen molar-refractivity contribution in [2.75, 3.05) is 11.4 Å². The van der Waals surface area contributed by atoms with Crippen LogP contribution in [0.3, 0.4) is 0 Å². The van der Waals surface area contributed by atoms with Crippen molar-refractivity contribution >= 4 is 5.95 Å². The largest absolute Gasteiger partial charge is 0.336 e. The second-order valence-corrected chi connectivity index (χ2v) is 4.75. The molecule has 94 valence electrons. The molecule has 0 aliphatic carbocycles. The van der Waals surface area contributed by atoms with Crippen LogP contribution in [0, 0.1) is 6.92 Å². The van der Waals surface area contributed by atoms with Crippen molar-refractivity contribution in [1.29, 1.82) is 0 Å². The molecular weight excluding hydrogens is 226 g/mol. The Morgan fingerprint density at radius 1 is 1.39 bits per heavy atom. The van der Waals surface area contributed by atoms with Crippen molar-refractivity contribution in [3.8, 4) is 0 Å². The predicted octanol–water partition coefficient (Wildman–Crippen LogP) is 1.65. The zero-order valence-electron chi connectivity index (χ0n) is 10.5. The molecule has 1 unspecified atom stereocenters. The standard InChI is InChI=1S/C13H17N5/c1-11-4-5-15-13(16-11)18-7-2-3-12(18)9-17-8-6-14-10-17/h4-6,8,10,12H,2-3,7,9H2,1H3. The SMILES string of the molecule is Cc1ccnc(N2CCCC2Cn2ccnc2)n1. The Hall–Kier alpha value is -1.91. The average Bonchev–Trinajstić information content (AvgIpc) is 3.01. The van der Waals surface area contributed by atoms with E-state index < -0.39 is 0 Å². The highest BCUT2D eigenvalue weighted by Crippen LogP contribution is 2.23. The van der Waals surface area contributed by atoms with Gasteiger partial charge in [-0.3, -0.25) is 0 Å². The molecule has 1 atom stereocenters. The maximum atomic E-state index is 4.52. The molecule has 1 aliphatic rings. The van der Waals surface area contributed by atoms with Gasteiger partial charge in [0.15, 0.2) is 0 Å². The number of aryl methyl sites for hydroxylation is 1. The molecule has 0 saturated carbocycles. The van der Waals surface area contributed by atoms with Gasteiger partial charge >= 0.3 is 0 Å². The number of rotatable bonds is 3. The van der Waals surface area contributed by atoms with Gasteiger partial charge in [0.05, 0.1) is 6.33 Å². The van der Waals surface area contributed by atoms with Crippen LogP contribution in [0.25, 0.3) is 0 Å². The summed E-state index contributed by atoms with van der Waals surface area (Å²) in [6.45, 7) is 4.01. The smallest absolute Gasteiger partial charge is 0.225 e. The average molecular weight is 243 g/mol. The second kappa shape index (κ2) is 4.76. The minimum absolute atomic E-state index is 0.473. The third-order valence-corrected chi connectivity index (χ3v) is 3.40. The number of imidazole rings is 1. The van der Waals surface area contributed by atoms with Crippen LogP contribution >= 0.6 is 0 Å². The molecule has 3 heterocycles. The van der Waals surface area contributed by atoms with Crippen molar-refractivity contribution in [3.05, 3.63) is 36.7 Å². The Morgan fingerprint density at radius 2 is 2.33 bits per heavy atom. The summed E-state index contributed by atoms with van der Waals surface area (Å²) in [6.07, 6.45) is 9.93. The lowest BCUT2D eigenvalue weighted by atomic mass is 10.2. The van der Waals surface area contributed by atoms with Crippen LogP contribution in [-0.2, 0) is 6.54 Å². The van der Waals surface area contributed by atoms with Gasteiger partial charge in [-0.2, -0.15) is 0 Å². The molecule has 1 saturated heterocycles. The molecule has 2 aromatic rings. The van der Waals surface area contributed by atoms with Gasteiger partial charge < -0.3 is 9.47 Å². The Morgan fingerprint density at radius 3 is 3.11 bits per heavy atom. The first-order chi connectivity index (χ1) is 8.83. The van der Waals surface area contributed by atoms with Gasteiger partial charge in [0.1, 0.15) is 0 Å². The lowest BCUT2D eigenvalue weighted by Crippen LogP contribution is -2.34. The topological polar surface area (TPSA) is 46.8 Å². The Kier molecular flexibility index (Phi) is 2.96. The third kappa shape index (κ3) is 2.20. The van der Waals surface area contributed by atoms with Crippen LogP contribution in [0.1, 0.15) is 18.5 Å². The summed E-state index contributed by atoms with van der Waals surface area (Å²) in [6, 6.07) is 2.41. The van der Waals surface area contributed by atoms with Crippen LogP contribution < -0.4 is 4.90 Å². The molecule has 0 N–H and O–H groups in total. The Balaban J connectivity index is 1.79. The monoisotopic (exact) mass is 243 g/mol. The molecule has 0 bridgehead atoms. The van der Waals surface area contributed by atoms with Gasteiger partial charge in [0.25, 0.3) is 0 Å². The van der Waals surface area contributed by atoms with Gasteiger partial charge in [-0.1, -0.05) is 0 Å². The molecule has 5 nitrogen and oxygen atoms in total. The van der Waals surface area contributed by atoms with E-state index in [9.17, 15) is 0 Å². The maximum absolute atomic E-state index is 4.52. The lowest BCUT2D eigenvalue weighted by Gasteiger charge is -2.24. The molecule has 0 radical (unpaired) electrons. The minimum Gasteiger partial charge on any atom is -0.336 e. The molecular formula is C13H17N5. The van der Waals surface area contributed by atoms with Crippen molar-refractivity contribution < 1.29 is 0 Å². The fourth-order valence-corrected chi connectivity index (χ4v) is 2.50. The summed E-state index contributed by atoms with van der Waals surface area (Å²) >= 11 is 0. The molecule has 18 heavy (non-hydrogen) atoms. The highest BCUT2D eigenvalue weighted by molar-refractivity contribution is 5.33. The van der Waals surface area contributed by atoms with Gasteiger partial charge in [-0.05, 0) is 25.8 Å². The highest BCUT2D eigenvalue weighted by Gasteiger charge is 2.26. The van der Waals surface area contributed by atoms with E-state index in [0.717, 1.165) is 24.7 Å². The van der Waals surface area contributed by atoms with Crippen LogP contribution in [0.15, 0.2) is 31.0 Å². The van der Waals surface area contributed by atoms with Crippen LogP contribution in [0.2, 0.25) is 0 Å². The normalized spacial score (nSPS) is 19.4. The maximum Gasteiger partial charge on any atom is 0.225 e. The highest BCUT2D eigenvalue weighted by atomic mass is 15.3. The van der Waals surface area contributed by atoms with Crippen LogP contribution in [0.5, 0.6) is 0 Å². The molecule has 0 aromatic carbocycles. The third-order valence-electron chi connectivity index (χ3n) is 3.40. The van der Waals surface area contributed by atoms with Crippen molar-refractivity contribution in [3.63, 3.8) is 0 Å². The van der Waals surface area contributed by atoms with E-state index in [2.05, 4.69) is 24.4 Å². The summed E-state index contributed by atoms with van der Waals surface area (Å²) in [5.74, 6) is 0.859. The van der Waals surface area contributed by atoms with Crippen molar-refractivity contribution in [2.45, 2.75) is 32.4 Å². The van der Waals surface area contributed by atoms with E-state index in [4.69, 9.17) is 0 Å². The summed E-state index contributed by atoms with van der Waals surface area (Å²) in [4.78, 5) is 15.3. The van der Waals surface area contributed by atoms with Crippen LogP contribution in [-0.4, -0.2) is 32.1 Å². The first kappa shape index (κ1) is 11.2. The fraction of sp³-hybridized carbons (Fsp3) is 0.462. The summed E-state index contributed by atoms with van der Waals surface area (Å²) < 4.78 is 2.12. The molecule has 1 fully saturated rings. The zero-order chi connectivity index (χ0) is 12.4. The molecule has 5 heteroatoms. The number of hydrogen-bond acceptors (Lipinski definition) is 4. The first-order valence-corrected chi connectivity index (χ1v) is 6.35.